The third-order valence-electron chi connectivity index (χ3n) is 5.22. The lowest BCUT2D eigenvalue weighted by Crippen LogP contribution is -2.38. The largest absolute Gasteiger partial charge is 0.296 e. The first-order valence-electron chi connectivity index (χ1n) is 8.64. The van der Waals surface area contributed by atoms with Crippen LogP contribution in [-0.4, -0.2) is 30.6 Å². The smallest absolute Gasteiger partial charge is 0.270 e. The van der Waals surface area contributed by atoms with E-state index in [0.29, 0.717) is 17.4 Å². The van der Waals surface area contributed by atoms with Gasteiger partial charge in [-0.15, -0.1) is 10.2 Å². The number of carbonyl (C=O) groups excluding carboxylic acids is 1. The quantitative estimate of drug-likeness (QED) is 0.762. The third-order valence-corrected chi connectivity index (χ3v) is 7.91. The van der Waals surface area contributed by atoms with Gasteiger partial charge < -0.3 is 0 Å². The van der Waals surface area contributed by atoms with Gasteiger partial charge >= 0.3 is 0 Å². The zero-order valence-corrected chi connectivity index (χ0v) is 15.9. The lowest BCUT2D eigenvalue weighted by Gasteiger charge is -2.21. The summed E-state index contributed by atoms with van der Waals surface area (Å²) in [4.78, 5) is 12.2. The molecular weight excluding hydrogens is 372 g/mol. The molecule has 2 fully saturated rings. The van der Waals surface area contributed by atoms with Gasteiger partial charge in [0.25, 0.3) is 15.9 Å². The van der Waals surface area contributed by atoms with Crippen LogP contribution in [0.15, 0.2) is 28.6 Å². The lowest BCUT2D eigenvalue weighted by molar-refractivity contribution is 0.102. The van der Waals surface area contributed by atoms with E-state index in [-0.39, 0.29) is 21.4 Å². The Morgan fingerprint density at radius 1 is 1.15 bits per heavy atom. The van der Waals surface area contributed by atoms with E-state index in [1.165, 1.54) is 6.42 Å². The van der Waals surface area contributed by atoms with Crippen molar-refractivity contribution < 1.29 is 13.2 Å². The number of nitrogens with one attached hydrogen (secondary N) is 2. The van der Waals surface area contributed by atoms with E-state index >= 15 is 0 Å². The lowest BCUT2D eigenvalue weighted by atomic mass is 9.96. The van der Waals surface area contributed by atoms with Crippen LogP contribution in [0.3, 0.4) is 0 Å². The van der Waals surface area contributed by atoms with Crippen LogP contribution >= 0.6 is 11.3 Å². The number of amides is 1. The molecule has 1 heterocycles. The molecule has 26 heavy (non-hydrogen) atoms. The molecule has 1 amide bonds. The van der Waals surface area contributed by atoms with Gasteiger partial charge in [-0.3, -0.25) is 10.1 Å². The summed E-state index contributed by atoms with van der Waals surface area (Å²) in [5.74, 6) is 0.737. The summed E-state index contributed by atoms with van der Waals surface area (Å²) >= 11 is 0.865. The van der Waals surface area contributed by atoms with Crippen LogP contribution in [0.25, 0.3) is 0 Å². The van der Waals surface area contributed by atoms with E-state index in [9.17, 15) is 13.2 Å². The Morgan fingerprint density at radius 2 is 1.92 bits per heavy atom. The number of hydrogen-bond acceptors (Lipinski definition) is 6. The minimum atomic E-state index is -3.71. The summed E-state index contributed by atoms with van der Waals surface area (Å²) in [7, 11) is -3.71. The Labute approximate surface area is 156 Å². The number of aromatic nitrogens is 2. The molecule has 1 aromatic carbocycles. The van der Waals surface area contributed by atoms with Gasteiger partial charge in [0.1, 0.15) is 0 Å². The molecule has 3 atom stereocenters. The van der Waals surface area contributed by atoms with Crippen LogP contribution < -0.4 is 10.0 Å². The van der Waals surface area contributed by atoms with Crippen molar-refractivity contribution in [2.24, 2.45) is 11.8 Å². The van der Waals surface area contributed by atoms with Crippen LogP contribution in [0, 0.1) is 18.8 Å². The molecule has 0 spiro atoms. The van der Waals surface area contributed by atoms with Crippen LogP contribution in [0.4, 0.5) is 5.13 Å². The SMILES string of the molecule is Cc1ccc(C(=O)Nc2nnc(S(=O)(=O)N[C@@H]3C[C@H]4CC[C@@H]3C4)s2)cc1. The number of rotatable bonds is 5. The molecule has 2 aliphatic carbocycles. The normalized spacial score (nSPS) is 24.7. The molecule has 2 bridgehead atoms. The topological polar surface area (TPSA) is 101 Å². The maximum atomic E-state index is 12.6. The zero-order valence-electron chi connectivity index (χ0n) is 14.3. The second-order valence-electron chi connectivity index (χ2n) is 7.10. The van der Waals surface area contributed by atoms with Crippen molar-refractivity contribution in [1.29, 1.82) is 0 Å². The predicted molar refractivity (Wildman–Crippen MR) is 98.6 cm³/mol. The molecular formula is C17H20N4O3S2. The standard InChI is InChI=1S/C17H20N4O3S2/c1-10-2-5-12(6-3-10)15(22)18-16-19-20-17(25-16)26(23,24)21-14-9-11-4-7-13(14)8-11/h2-3,5-6,11,13-14,21H,4,7-9H2,1H3,(H,18,19,22)/t11-,13+,14+/m0/s1. The first kappa shape index (κ1) is 17.6. The fourth-order valence-corrected chi connectivity index (χ4v) is 6.11. The highest BCUT2D eigenvalue weighted by Gasteiger charge is 2.41. The average Bonchev–Trinajstić information content (AvgIpc) is 3.32. The van der Waals surface area contributed by atoms with Gasteiger partial charge in [0.15, 0.2) is 0 Å². The van der Waals surface area contributed by atoms with Gasteiger partial charge in [-0.05, 0) is 50.2 Å². The van der Waals surface area contributed by atoms with Gasteiger partial charge in [0.05, 0.1) is 0 Å². The Hall–Kier alpha value is -1.84. The maximum absolute atomic E-state index is 12.6. The molecule has 2 saturated carbocycles. The van der Waals surface area contributed by atoms with E-state index in [0.717, 1.165) is 36.2 Å². The highest BCUT2D eigenvalue weighted by Crippen LogP contribution is 2.44. The molecule has 2 aromatic rings. The van der Waals surface area contributed by atoms with Gasteiger partial charge in [-0.1, -0.05) is 35.5 Å². The van der Waals surface area contributed by atoms with Crippen molar-refractivity contribution in [3.63, 3.8) is 0 Å². The summed E-state index contributed by atoms with van der Waals surface area (Å²) in [6, 6.07) is 7.09. The summed E-state index contributed by atoms with van der Waals surface area (Å²) < 4.78 is 27.8. The second-order valence-corrected chi connectivity index (χ2v) is 9.96. The van der Waals surface area contributed by atoms with Gasteiger partial charge in [-0.25, -0.2) is 13.1 Å². The van der Waals surface area contributed by atoms with Crippen molar-refractivity contribution in [2.75, 3.05) is 5.32 Å². The number of anilines is 1. The minimum Gasteiger partial charge on any atom is -0.296 e. The Balaban J connectivity index is 1.43. The van der Waals surface area contributed by atoms with Crippen molar-refractivity contribution in [3.8, 4) is 0 Å². The van der Waals surface area contributed by atoms with E-state index in [4.69, 9.17) is 0 Å². The number of carbonyl (C=O) groups is 1. The number of aryl methyl sites for hydroxylation is 1. The van der Waals surface area contributed by atoms with Crippen molar-refractivity contribution in [2.45, 2.75) is 43.0 Å². The highest BCUT2D eigenvalue weighted by atomic mass is 32.2. The Morgan fingerprint density at radius 3 is 2.58 bits per heavy atom. The van der Waals surface area contributed by atoms with Gasteiger partial charge in [0.2, 0.25) is 9.47 Å². The van der Waals surface area contributed by atoms with E-state index in [2.05, 4.69) is 20.2 Å². The van der Waals surface area contributed by atoms with E-state index < -0.39 is 10.0 Å². The fraction of sp³-hybridized carbons (Fsp3) is 0.471. The van der Waals surface area contributed by atoms with Crippen LogP contribution in [0.5, 0.6) is 0 Å². The van der Waals surface area contributed by atoms with Crippen molar-refractivity contribution in [1.82, 2.24) is 14.9 Å². The second kappa shape index (κ2) is 6.71. The molecule has 4 rings (SSSR count). The first-order valence-corrected chi connectivity index (χ1v) is 10.9. The van der Waals surface area contributed by atoms with Crippen LogP contribution in [0.2, 0.25) is 0 Å². The van der Waals surface area contributed by atoms with Crippen LogP contribution in [0.1, 0.15) is 41.6 Å². The number of nitrogens with zero attached hydrogens (tertiary/aromatic N) is 2. The Kier molecular flexibility index (Phi) is 4.54. The fourth-order valence-electron chi connectivity index (χ4n) is 3.88. The van der Waals surface area contributed by atoms with Gasteiger partial charge in [-0.2, -0.15) is 0 Å². The minimum absolute atomic E-state index is 0.00625. The van der Waals surface area contributed by atoms with Crippen LogP contribution in [-0.2, 0) is 10.0 Å². The number of sulfonamides is 1. The molecule has 0 saturated heterocycles. The molecule has 0 unspecified atom stereocenters. The molecule has 2 N–H and O–H groups in total. The molecule has 0 radical (unpaired) electrons. The molecule has 1 aromatic heterocycles. The molecule has 0 aliphatic heterocycles. The first-order chi connectivity index (χ1) is 12.4. The number of benzene rings is 1. The van der Waals surface area contributed by atoms with Crippen molar-refractivity contribution >= 4 is 32.4 Å². The molecule has 9 heteroatoms. The average molecular weight is 393 g/mol. The highest BCUT2D eigenvalue weighted by molar-refractivity contribution is 7.91. The maximum Gasteiger partial charge on any atom is 0.270 e. The summed E-state index contributed by atoms with van der Waals surface area (Å²) in [6.07, 6.45) is 4.31. The summed E-state index contributed by atoms with van der Waals surface area (Å²) in [5.41, 5.74) is 1.54. The predicted octanol–water partition coefficient (Wildman–Crippen LogP) is 2.57. The number of hydrogen-bond donors (Lipinski definition) is 2. The molecule has 7 nitrogen and oxygen atoms in total. The van der Waals surface area contributed by atoms with E-state index in [1.54, 1.807) is 12.1 Å². The van der Waals surface area contributed by atoms with E-state index in [1.807, 2.05) is 19.1 Å². The zero-order chi connectivity index (χ0) is 18.3. The number of fused-ring (bicyclic) bond motifs is 2. The Bertz CT molecular complexity index is 924. The summed E-state index contributed by atoms with van der Waals surface area (Å²) in [5, 5.41) is 10.3. The van der Waals surface area contributed by atoms with Crippen molar-refractivity contribution in [3.05, 3.63) is 35.4 Å². The summed E-state index contributed by atoms with van der Waals surface area (Å²) in [6.45, 7) is 1.94. The third kappa shape index (κ3) is 3.51. The molecule has 2 aliphatic rings. The molecule has 138 valence electrons. The monoisotopic (exact) mass is 392 g/mol. The van der Waals surface area contributed by atoms with Gasteiger partial charge in [0, 0.05) is 11.6 Å².